The van der Waals surface area contributed by atoms with Crippen molar-refractivity contribution in [2.75, 3.05) is 19.7 Å². The summed E-state index contributed by atoms with van der Waals surface area (Å²) >= 11 is 0. The number of piperidine rings is 1. The van der Waals surface area contributed by atoms with Gasteiger partial charge in [-0.3, -0.25) is 0 Å². The molecule has 1 aliphatic heterocycles. The van der Waals surface area contributed by atoms with E-state index in [-0.39, 0.29) is 17.9 Å². The van der Waals surface area contributed by atoms with E-state index in [0.717, 1.165) is 31.5 Å². The van der Waals surface area contributed by atoms with Gasteiger partial charge in [-0.05, 0) is 44.4 Å². The predicted molar refractivity (Wildman–Crippen MR) is 81.3 cm³/mol. The van der Waals surface area contributed by atoms with Crippen LogP contribution >= 0.6 is 0 Å². The molecule has 116 valence electrons. The summed E-state index contributed by atoms with van der Waals surface area (Å²) in [7, 11) is 0. The molecular weight excluding hydrogens is 268 g/mol. The van der Waals surface area contributed by atoms with Gasteiger partial charge in [0.05, 0.1) is 6.61 Å². The minimum atomic E-state index is -0.206. The highest BCUT2D eigenvalue weighted by Gasteiger charge is 2.24. The van der Waals surface area contributed by atoms with Crippen molar-refractivity contribution in [2.24, 2.45) is 0 Å². The molecule has 1 aromatic carbocycles. The first-order valence-electron chi connectivity index (χ1n) is 7.56. The number of ether oxygens (including phenoxy) is 1. The Kier molecular flexibility index (Phi) is 5.44. The van der Waals surface area contributed by atoms with Crippen LogP contribution in [0.2, 0.25) is 0 Å². The van der Waals surface area contributed by atoms with Crippen molar-refractivity contribution in [1.82, 2.24) is 10.2 Å². The number of aromatic hydroxyl groups is 1. The maximum Gasteiger partial charge on any atom is 0.409 e. The average molecular weight is 292 g/mol. The van der Waals surface area contributed by atoms with Crippen LogP contribution in [-0.2, 0) is 4.74 Å². The fraction of sp³-hybridized carbons (Fsp3) is 0.562. The number of hydrogen-bond donors (Lipinski definition) is 2. The molecule has 1 atom stereocenters. The molecule has 1 unspecified atom stereocenters. The van der Waals surface area contributed by atoms with Gasteiger partial charge in [-0.1, -0.05) is 12.1 Å². The number of hydrogen-bond acceptors (Lipinski definition) is 4. The standard InChI is InChI=1S/C16H24N2O3/c1-3-21-16(20)18-10-8-14(9-11-18)17-12(2)13-4-6-15(19)7-5-13/h4-7,12,14,17,19H,3,8-11H2,1-2H3. The number of carbonyl (C=O) groups is 1. The number of nitrogens with zero attached hydrogens (tertiary/aromatic N) is 1. The second-order valence-electron chi connectivity index (χ2n) is 5.44. The lowest BCUT2D eigenvalue weighted by molar-refractivity contribution is 0.0944. The van der Waals surface area contributed by atoms with Gasteiger partial charge in [-0.2, -0.15) is 0 Å². The van der Waals surface area contributed by atoms with Crippen LogP contribution in [0.4, 0.5) is 4.79 Å². The Morgan fingerprint density at radius 1 is 1.38 bits per heavy atom. The fourth-order valence-corrected chi connectivity index (χ4v) is 2.66. The topological polar surface area (TPSA) is 61.8 Å². The monoisotopic (exact) mass is 292 g/mol. The zero-order valence-electron chi connectivity index (χ0n) is 12.7. The van der Waals surface area contributed by atoms with E-state index in [0.29, 0.717) is 12.6 Å². The highest BCUT2D eigenvalue weighted by molar-refractivity contribution is 5.67. The number of rotatable bonds is 4. The van der Waals surface area contributed by atoms with Crippen LogP contribution in [0.15, 0.2) is 24.3 Å². The maximum absolute atomic E-state index is 11.6. The molecule has 2 rings (SSSR count). The molecular formula is C16H24N2O3. The summed E-state index contributed by atoms with van der Waals surface area (Å²) in [5.74, 6) is 0.286. The van der Waals surface area contributed by atoms with Crippen LogP contribution in [0.25, 0.3) is 0 Å². The molecule has 0 radical (unpaired) electrons. The maximum atomic E-state index is 11.6. The normalized spacial score (nSPS) is 17.5. The minimum absolute atomic E-state index is 0.206. The van der Waals surface area contributed by atoms with Crippen molar-refractivity contribution in [2.45, 2.75) is 38.8 Å². The summed E-state index contributed by atoms with van der Waals surface area (Å²) in [6.07, 6.45) is 1.66. The van der Waals surface area contributed by atoms with Crippen molar-refractivity contribution in [3.05, 3.63) is 29.8 Å². The third-order valence-corrected chi connectivity index (χ3v) is 3.90. The fourth-order valence-electron chi connectivity index (χ4n) is 2.66. The van der Waals surface area contributed by atoms with Gasteiger partial charge in [0.15, 0.2) is 0 Å². The molecule has 0 aliphatic carbocycles. The largest absolute Gasteiger partial charge is 0.508 e. The Morgan fingerprint density at radius 3 is 2.57 bits per heavy atom. The molecule has 0 spiro atoms. The molecule has 2 N–H and O–H groups in total. The summed E-state index contributed by atoms with van der Waals surface area (Å²) in [5.41, 5.74) is 1.15. The average Bonchev–Trinajstić information content (AvgIpc) is 2.49. The molecule has 1 heterocycles. The van der Waals surface area contributed by atoms with Crippen molar-refractivity contribution < 1.29 is 14.6 Å². The summed E-state index contributed by atoms with van der Waals surface area (Å²) in [5, 5.41) is 12.9. The molecule has 0 saturated carbocycles. The first-order valence-corrected chi connectivity index (χ1v) is 7.56. The summed E-state index contributed by atoms with van der Waals surface area (Å²) in [6, 6.07) is 7.90. The summed E-state index contributed by atoms with van der Waals surface area (Å²) in [4.78, 5) is 13.4. The van der Waals surface area contributed by atoms with Crippen molar-refractivity contribution >= 4 is 6.09 Å². The quantitative estimate of drug-likeness (QED) is 0.895. The van der Waals surface area contributed by atoms with Gasteiger partial charge < -0.3 is 20.1 Å². The molecule has 1 aromatic rings. The van der Waals surface area contributed by atoms with E-state index in [1.807, 2.05) is 19.1 Å². The van der Waals surface area contributed by atoms with E-state index in [1.54, 1.807) is 17.0 Å². The molecule has 0 aromatic heterocycles. The number of phenolic OH excluding ortho intramolecular Hbond substituents is 1. The number of likely N-dealkylation sites (tertiary alicyclic amines) is 1. The minimum Gasteiger partial charge on any atom is -0.508 e. The molecule has 1 amide bonds. The number of carbonyl (C=O) groups excluding carboxylic acids is 1. The number of benzene rings is 1. The van der Waals surface area contributed by atoms with Crippen LogP contribution in [0.5, 0.6) is 5.75 Å². The van der Waals surface area contributed by atoms with Crippen LogP contribution < -0.4 is 5.32 Å². The number of phenols is 1. The smallest absolute Gasteiger partial charge is 0.409 e. The van der Waals surface area contributed by atoms with Gasteiger partial charge in [0, 0.05) is 25.2 Å². The zero-order valence-corrected chi connectivity index (χ0v) is 12.7. The SMILES string of the molecule is CCOC(=O)N1CCC(NC(C)c2ccc(O)cc2)CC1. The Bertz CT molecular complexity index is 453. The van der Waals surface area contributed by atoms with Crippen molar-refractivity contribution in [3.63, 3.8) is 0 Å². The Labute approximate surface area is 125 Å². The Balaban J connectivity index is 1.80. The third-order valence-electron chi connectivity index (χ3n) is 3.90. The van der Waals surface area contributed by atoms with Crippen LogP contribution in [0.1, 0.15) is 38.3 Å². The van der Waals surface area contributed by atoms with Crippen LogP contribution in [0.3, 0.4) is 0 Å². The third kappa shape index (κ3) is 4.36. The molecule has 5 nitrogen and oxygen atoms in total. The lowest BCUT2D eigenvalue weighted by atomic mass is 10.0. The van der Waals surface area contributed by atoms with Gasteiger partial charge in [0.25, 0.3) is 0 Å². The van der Waals surface area contributed by atoms with Crippen LogP contribution in [-0.4, -0.2) is 41.8 Å². The van der Waals surface area contributed by atoms with Gasteiger partial charge in [0.2, 0.25) is 0 Å². The van der Waals surface area contributed by atoms with E-state index >= 15 is 0 Å². The zero-order chi connectivity index (χ0) is 15.2. The lowest BCUT2D eigenvalue weighted by Gasteiger charge is -2.33. The molecule has 0 bridgehead atoms. The van der Waals surface area contributed by atoms with Crippen molar-refractivity contribution in [3.8, 4) is 5.75 Å². The van der Waals surface area contributed by atoms with E-state index in [4.69, 9.17) is 4.74 Å². The number of amides is 1. The Morgan fingerprint density at radius 2 is 2.00 bits per heavy atom. The summed E-state index contributed by atoms with van der Waals surface area (Å²) in [6.45, 7) is 5.84. The van der Waals surface area contributed by atoms with E-state index in [1.165, 1.54) is 0 Å². The van der Waals surface area contributed by atoms with Crippen LogP contribution in [0, 0.1) is 0 Å². The molecule has 1 fully saturated rings. The molecule has 21 heavy (non-hydrogen) atoms. The van der Waals surface area contributed by atoms with E-state index in [9.17, 15) is 9.90 Å². The second kappa shape index (κ2) is 7.31. The highest BCUT2D eigenvalue weighted by atomic mass is 16.6. The van der Waals surface area contributed by atoms with Gasteiger partial charge in [-0.25, -0.2) is 4.79 Å². The lowest BCUT2D eigenvalue weighted by Crippen LogP contribution is -2.45. The van der Waals surface area contributed by atoms with Gasteiger partial charge in [0.1, 0.15) is 5.75 Å². The summed E-state index contributed by atoms with van der Waals surface area (Å²) < 4.78 is 5.02. The van der Waals surface area contributed by atoms with Gasteiger partial charge in [-0.15, -0.1) is 0 Å². The van der Waals surface area contributed by atoms with Crippen molar-refractivity contribution in [1.29, 1.82) is 0 Å². The number of nitrogens with one attached hydrogen (secondary N) is 1. The van der Waals surface area contributed by atoms with E-state index in [2.05, 4.69) is 12.2 Å². The first-order chi connectivity index (χ1) is 10.1. The first kappa shape index (κ1) is 15.6. The highest BCUT2D eigenvalue weighted by Crippen LogP contribution is 2.19. The second-order valence-corrected chi connectivity index (χ2v) is 5.44. The molecule has 1 aliphatic rings. The Hall–Kier alpha value is -1.75. The van der Waals surface area contributed by atoms with E-state index < -0.39 is 0 Å². The molecule has 1 saturated heterocycles. The molecule has 5 heteroatoms. The predicted octanol–water partition coefficient (Wildman–Crippen LogP) is 2.66. The van der Waals surface area contributed by atoms with Gasteiger partial charge >= 0.3 is 6.09 Å².